The number of aromatic nitrogens is 1. The highest BCUT2D eigenvalue weighted by atomic mass is 14.8. The zero-order valence-electron chi connectivity index (χ0n) is 10.1. The van der Waals surface area contributed by atoms with Crippen LogP contribution in [0.3, 0.4) is 0 Å². The molecule has 2 nitrogen and oxygen atoms in total. The number of pyridine rings is 1. The van der Waals surface area contributed by atoms with Gasteiger partial charge in [-0.05, 0) is 24.6 Å². The first-order valence-electron chi connectivity index (χ1n) is 5.54. The number of nitrogen functional groups attached to an aromatic ring is 1. The fourth-order valence-corrected chi connectivity index (χ4v) is 1.40. The Labute approximate surface area is 97.1 Å². The maximum absolute atomic E-state index is 5.52. The van der Waals surface area contributed by atoms with Gasteiger partial charge in [0.05, 0.1) is 0 Å². The fraction of sp³-hybridized carbons (Fsp3) is 0.214. The molecule has 0 unspecified atom stereocenters. The molecule has 2 aromatic rings. The average molecular weight is 214 g/mol. The van der Waals surface area contributed by atoms with Crippen molar-refractivity contribution < 1.29 is 0 Å². The summed E-state index contributed by atoms with van der Waals surface area (Å²) in [7, 11) is 0. The Morgan fingerprint density at radius 2 is 1.75 bits per heavy atom. The molecule has 1 heterocycles. The topological polar surface area (TPSA) is 38.9 Å². The third-order valence-electron chi connectivity index (χ3n) is 2.14. The molecule has 0 aliphatic heterocycles. The molecule has 1 aromatic heterocycles. The fourth-order valence-electron chi connectivity index (χ4n) is 1.40. The Bertz CT molecular complexity index is 433. The first kappa shape index (κ1) is 12.2. The second kappa shape index (κ2) is 5.91. The van der Waals surface area contributed by atoms with Crippen molar-refractivity contribution in [2.75, 3.05) is 5.73 Å². The molecule has 0 bridgehead atoms. The molecule has 0 fully saturated rings. The van der Waals surface area contributed by atoms with Gasteiger partial charge in [0.15, 0.2) is 0 Å². The van der Waals surface area contributed by atoms with Crippen molar-refractivity contribution in [3.8, 4) is 11.1 Å². The molecule has 0 aliphatic rings. The van der Waals surface area contributed by atoms with Crippen LogP contribution in [-0.4, -0.2) is 4.98 Å². The second-order valence-electron chi connectivity index (χ2n) is 3.34. The number of anilines is 1. The van der Waals surface area contributed by atoms with Crippen molar-refractivity contribution in [2.24, 2.45) is 0 Å². The van der Waals surface area contributed by atoms with Crippen LogP contribution in [-0.2, 0) is 0 Å². The van der Waals surface area contributed by atoms with Gasteiger partial charge in [0.25, 0.3) is 0 Å². The molecule has 0 aliphatic carbocycles. The molecule has 0 saturated heterocycles. The standard InChI is InChI=1S/C12H12N2.C2H6/c1-9-3-2-4-10(7-9)11-5-6-12(13)14-8-11;1-2/h2-8H,1H3,(H2,13,14);1-2H3. The second-order valence-corrected chi connectivity index (χ2v) is 3.34. The lowest BCUT2D eigenvalue weighted by atomic mass is 10.1. The highest BCUT2D eigenvalue weighted by Crippen LogP contribution is 2.19. The summed E-state index contributed by atoms with van der Waals surface area (Å²) in [6, 6.07) is 12.1. The van der Waals surface area contributed by atoms with Crippen molar-refractivity contribution >= 4 is 5.82 Å². The SMILES string of the molecule is CC.Cc1cccc(-c2ccc(N)nc2)c1. The van der Waals surface area contributed by atoms with Crippen molar-refractivity contribution in [2.45, 2.75) is 20.8 Å². The number of hydrogen-bond acceptors (Lipinski definition) is 2. The summed E-state index contributed by atoms with van der Waals surface area (Å²) in [6.07, 6.45) is 1.80. The lowest BCUT2D eigenvalue weighted by Crippen LogP contribution is -1.88. The van der Waals surface area contributed by atoms with Crippen molar-refractivity contribution in [1.29, 1.82) is 0 Å². The first-order chi connectivity index (χ1) is 7.75. The van der Waals surface area contributed by atoms with E-state index in [1.165, 1.54) is 11.1 Å². The third-order valence-corrected chi connectivity index (χ3v) is 2.14. The maximum atomic E-state index is 5.52. The summed E-state index contributed by atoms with van der Waals surface area (Å²) in [5, 5.41) is 0. The summed E-state index contributed by atoms with van der Waals surface area (Å²) in [5.41, 5.74) is 9.05. The van der Waals surface area contributed by atoms with E-state index in [1.807, 2.05) is 32.0 Å². The van der Waals surface area contributed by atoms with Crippen LogP contribution in [0.5, 0.6) is 0 Å². The van der Waals surface area contributed by atoms with Crippen LogP contribution >= 0.6 is 0 Å². The van der Waals surface area contributed by atoms with Crippen molar-refractivity contribution in [3.63, 3.8) is 0 Å². The molecule has 1 aromatic carbocycles. The molecule has 84 valence electrons. The highest BCUT2D eigenvalue weighted by molar-refractivity contribution is 5.64. The smallest absolute Gasteiger partial charge is 0.123 e. The Morgan fingerprint density at radius 1 is 1.00 bits per heavy atom. The molecule has 2 heteroatoms. The third kappa shape index (κ3) is 3.09. The molecular formula is C14H18N2. The van der Waals surface area contributed by atoms with E-state index in [4.69, 9.17) is 5.73 Å². The summed E-state index contributed by atoms with van der Waals surface area (Å²) in [4.78, 5) is 4.06. The molecule has 0 radical (unpaired) electrons. The predicted octanol–water partition coefficient (Wildman–Crippen LogP) is 3.67. The molecule has 0 amide bonds. The Kier molecular flexibility index (Phi) is 4.52. The van der Waals surface area contributed by atoms with E-state index in [2.05, 4.69) is 30.1 Å². The van der Waals surface area contributed by atoms with Gasteiger partial charge in [-0.2, -0.15) is 0 Å². The summed E-state index contributed by atoms with van der Waals surface area (Å²) >= 11 is 0. The summed E-state index contributed by atoms with van der Waals surface area (Å²) in [6.45, 7) is 6.08. The van der Waals surface area contributed by atoms with Gasteiger partial charge in [-0.25, -0.2) is 4.98 Å². The van der Waals surface area contributed by atoms with Crippen LogP contribution in [0.15, 0.2) is 42.6 Å². The van der Waals surface area contributed by atoms with Crippen LogP contribution in [0.25, 0.3) is 11.1 Å². The van der Waals surface area contributed by atoms with E-state index in [1.54, 1.807) is 6.20 Å². The predicted molar refractivity (Wildman–Crippen MR) is 70.2 cm³/mol. The number of aryl methyl sites for hydroxylation is 1. The normalized spacial score (nSPS) is 9.19. The van der Waals surface area contributed by atoms with Crippen molar-refractivity contribution in [1.82, 2.24) is 4.98 Å². The summed E-state index contributed by atoms with van der Waals surface area (Å²) in [5.74, 6) is 0.557. The van der Waals surface area contributed by atoms with Gasteiger partial charge in [-0.15, -0.1) is 0 Å². The van der Waals surface area contributed by atoms with Crippen LogP contribution in [0.1, 0.15) is 19.4 Å². The minimum Gasteiger partial charge on any atom is -0.384 e. The van der Waals surface area contributed by atoms with E-state index >= 15 is 0 Å². The number of rotatable bonds is 1. The zero-order valence-corrected chi connectivity index (χ0v) is 10.1. The zero-order chi connectivity index (χ0) is 12.0. The lowest BCUT2D eigenvalue weighted by molar-refractivity contribution is 1.33. The van der Waals surface area contributed by atoms with Gasteiger partial charge in [-0.1, -0.05) is 43.7 Å². The van der Waals surface area contributed by atoms with E-state index in [9.17, 15) is 0 Å². The van der Waals surface area contributed by atoms with E-state index in [0.29, 0.717) is 5.82 Å². The lowest BCUT2D eigenvalue weighted by Gasteiger charge is -2.02. The van der Waals surface area contributed by atoms with Crippen LogP contribution in [0.4, 0.5) is 5.82 Å². The van der Waals surface area contributed by atoms with Gasteiger partial charge in [-0.3, -0.25) is 0 Å². The van der Waals surface area contributed by atoms with E-state index in [-0.39, 0.29) is 0 Å². The van der Waals surface area contributed by atoms with Gasteiger partial charge in [0.1, 0.15) is 5.82 Å². The molecule has 0 saturated carbocycles. The van der Waals surface area contributed by atoms with Gasteiger partial charge in [0.2, 0.25) is 0 Å². The number of benzene rings is 1. The molecule has 2 N–H and O–H groups in total. The monoisotopic (exact) mass is 214 g/mol. The van der Waals surface area contributed by atoms with Crippen LogP contribution in [0, 0.1) is 6.92 Å². The molecule has 0 spiro atoms. The van der Waals surface area contributed by atoms with Gasteiger partial charge < -0.3 is 5.73 Å². The van der Waals surface area contributed by atoms with E-state index in [0.717, 1.165) is 5.56 Å². The minimum atomic E-state index is 0.557. The number of nitrogens with zero attached hydrogens (tertiary/aromatic N) is 1. The summed E-state index contributed by atoms with van der Waals surface area (Å²) < 4.78 is 0. The Balaban J connectivity index is 0.000000606. The highest BCUT2D eigenvalue weighted by Gasteiger charge is 1.97. The Hall–Kier alpha value is -1.83. The Morgan fingerprint density at radius 3 is 2.31 bits per heavy atom. The van der Waals surface area contributed by atoms with Gasteiger partial charge in [0, 0.05) is 11.8 Å². The van der Waals surface area contributed by atoms with Crippen LogP contribution < -0.4 is 5.73 Å². The largest absolute Gasteiger partial charge is 0.384 e. The van der Waals surface area contributed by atoms with Crippen LogP contribution in [0.2, 0.25) is 0 Å². The molecule has 2 rings (SSSR count). The van der Waals surface area contributed by atoms with Gasteiger partial charge >= 0.3 is 0 Å². The quantitative estimate of drug-likeness (QED) is 0.786. The van der Waals surface area contributed by atoms with Crippen molar-refractivity contribution in [3.05, 3.63) is 48.2 Å². The number of nitrogens with two attached hydrogens (primary N) is 1. The number of hydrogen-bond donors (Lipinski definition) is 1. The van der Waals surface area contributed by atoms with E-state index < -0.39 is 0 Å². The molecule has 0 atom stereocenters. The molecule has 16 heavy (non-hydrogen) atoms. The maximum Gasteiger partial charge on any atom is 0.123 e. The minimum absolute atomic E-state index is 0.557. The molecular weight excluding hydrogens is 196 g/mol. The average Bonchev–Trinajstić information content (AvgIpc) is 2.32. The first-order valence-corrected chi connectivity index (χ1v) is 5.54.